The van der Waals surface area contributed by atoms with E-state index < -0.39 is 19.7 Å². The van der Waals surface area contributed by atoms with Gasteiger partial charge in [0.25, 0.3) is 0 Å². The zero-order valence-electron chi connectivity index (χ0n) is 17.2. The molecule has 0 bridgehead atoms. The lowest BCUT2D eigenvalue weighted by Gasteiger charge is -2.18. The van der Waals surface area contributed by atoms with Crippen LogP contribution in [-0.2, 0) is 23.1 Å². The van der Waals surface area contributed by atoms with Crippen LogP contribution in [0.2, 0.25) is 0 Å². The lowest BCUT2D eigenvalue weighted by atomic mass is 10.3. The molecule has 0 N–H and O–H groups in total. The van der Waals surface area contributed by atoms with Gasteiger partial charge in [0.2, 0.25) is 0 Å². The van der Waals surface area contributed by atoms with Crippen LogP contribution >= 0.6 is 30.2 Å². The van der Waals surface area contributed by atoms with Gasteiger partial charge in [-0.25, -0.2) is 4.79 Å². The molecule has 0 aliphatic carbocycles. The van der Waals surface area contributed by atoms with E-state index in [9.17, 15) is 9.36 Å². The standard InChI is InChI=1S/C21H26IO7P/c1-4-26-30(24,27-5-2)15-14-25-21(23)16(3)28-18-10-12-20(13-11-18)29-19-8-6-17(22)7-9-19/h6-13,16H,4-5,14-15H2,1-3H3/t16-/m1/s1. The summed E-state index contributed by atoms with van der Waals surface area (Å²) in [7, 11) is -3.24. The molecule has 2 rings (SSSR count). The molecule has 0 aliphatic heterocycles. The number of carbonyl (C=O) groups is 1. The number of carbonyl (C=O) groups excluding carboxylic acids is 1. The highest BCUT2D eigenvalue weighted by Crippen LogP contribution is 2.47. The first-order chi connectivity index (χ1) is 14.3. The Hall–Kier alpha value is -1.61. The number of ether oxygens (including phenoxy) is 3. The first-order valence-corrected chi connectivity index (χ1v) is 12.4. The molecule has 0 spiro atoms. The van der Waals surface area contributed by atoms with Crippen LogP contribution in [0.5, 0.6) is 17.2 Å². The second kappa shape index (κ2) is 12.3. The Morgan fingerprint density at radius 1 is 0.933 bits per heavy atom. The largest absolute Gasteiger partial charge is 0.479 e. The smallest absolute Gasteiger partial charge is 0.347 e. The second-order valence-corrected chi connectivity index (χ2v) is 9.56. The minimum absolute atomic E-state index is 0.00227. The third-order valence-corrected chi connectivity index (χ3v) is 6.53. The first kappa shape index (κ1) is 24.7. The van der Waals surface area contributed by atoms with Crippen molar-refractivity contribution in [1.29, 1.82) is 0 Å². The van der Waals surface area contributed by atoms with E-state index in [1.54, 1.807) is 45.0 Å². The Labute approximate surface area is 190 Å². The fraction of sp³-hybridized carbons (Fsp3) is 0.381. The molecule has 7 nitrogen and oxygen atoms in total. The van der Waals surface area contributed by atoms with Crippen LogP contribution in [0.25, 0.3) is 0 Å². The Kier molecular flexibility index (Phi) is 10.1. The molecule has 0 fully saturated rings. The lowest BCUT2D eigenvalue weighted by Crippen LogP contribution is -2.27. The summed E-state index contributed by atoms with van der Waals surface area (Å²) in [6.07, 6.45) is -0.830. The molecule has 30 heavy (non-hydrogen) atoms. The topological polar surface area (TPSA) is 80.3 Å². The van der Waals surface area contributed by atoms with Crippen molar-refractivity contribution in [1.82, 2.24) is 0 Å². The molecule has 164 valence electrons. The molecule has 0 aliphatic rings. The molecule has 0 heterocycles. The Balaban J connectivity index is 1.81. The summed E-state index contributed by atoms with van der Waals surface area (Å²) < 4.78 is 40.3. The number of halogens is 1. The van der Waals surface area contributed by atoms with Crippen molar-refractivity contribution in [3.8, 4) is 17.2 Å². The van der Waals surface area contributed by atoms with E-state index in [1.807, 2.05) is 24.3 Å². The van der Waals surface area contributed by atoms with E-state index in [2.05, 4.69) is 22.6 Å². The maximum absolute atomic E-state index is 12.4. The fourth-order valence-electron chi connectivity index (χ4n) is 2.41. The molecular weight excluding hydrogens is 522 g/mol. The van der Waals surface area contributed by atoms with Gasteiger partial charge in [-0.3, -0.25) is 4.57 Å². The monoisotopic (exact) mass is 548 g/mol. The van der Waals surface area contributed by atoms with Crippen LogP contribution in [0.3, 0.4) is 0 Å². The zero-order valence-corrected chi connectivity index (χ0v) is 20.3. The summed E-state index contributed by atoms with van der Waals surface area (Å²) in [5.41, 5.74) is 0. The van der Waals surface area contributed by atoms with Gasteiger partial charge in [-0.05, 0) is 91.9 Å². The molecule has 0 radical (unpaired) electrons. The molecular formula is C21H26IO7P. The molecule has 2 aromatic carbocycles. The van der Waals surface area contributed by atoms with E-state index in [4.69, 9.17) is 23.3 Å². The highest BCUT2D eigenvalue weighted by atomic mass is 127. The third-order valence-electron chi connectivity index (χ3n) is 3.78. The van der Waals surface area contributed by atoms with Crippen LogP contribution in [-0.4, -0.2) is 38.1 Å². The summed E-state index contributed by atoms with van der Waals surface area (Å²) in [6, 6.07) is 14.6. The maximum Gasteiger partial charge on any atom is 0.347 e. The quantitative estimate of drug-likeness (QED) is 0.192. The van der Waals surface area contributed by atoms with Crippen molar-refractivity contribution in [2.24, 2.45) is 0 Å². The summed E-state index contributed by atoms with van der Waals surface area (Å²) in [5.74, 6) is 1.33. The molecule has 9 heteroatoms. The van der Waals surface area contributed by atoms with Crippen molar-refractivity contribution in [3.63, 3.8) is 0 Å². The summed E-state index contributed by atoms with van der Waals surface area (Å²) in [6.45, 7) is 5.48. The molecule has 0 saturated carbocycles. The Morgan fingerprint density at radius 2 is 1.43 bits per heavy atom. The molecule has 0 amide bonds. The van der Waals surface area contributed by atoms with E-state index in [-0.39, 0.29) is 26.0 Å². The number of esters is 1. The summed E-state index contributed by atoms with van der Waals surface area (Å²) in [4.78, 5) is 12.1. The van der Waals surface area contributed by atoms with Gasteiger partial charge in [-0.2, -0.15) is 0 Å². The minimum Gasteiger partial charge on any atom is -0.479 e. The van der Waals surface area contributed by atoms with Crippen molar-refractivity contribution < 1.29 is 32.6 Å². The average Bonchev–Trinajstić information content (AvgIpc) is 2.71. The van der Waals surface area contributed by atoms with E-state index in [0.29, 0.717) is 11.5 Å². The van der Waals surface area contributed by atoms with Gasteiger partial charge < -0.3 is 23.3 Å². The van der Waals surface area contributed by atoms with Crippen LogP contribution < -0.4 is 9.47 Å². The molecule has 0 unspecified atom stereocenters. The van der Waals surface area contributed by atoms with Crippen LogP contribution in [0.4, 0.5) is 0 Å². The van der Waals surface area contributed by atoms with Gasteiger partial charge in [-0.1, -0.05) is 0 Å². The number of rotatable bonds is 12. The van der Waals surface area contributed by atoms with Crippen LogP contribution in [0.15, 0.2) is 48.5 Å². The number of hydrogen-bond acceptors (Lipinski definition) is 7. The van der Waals surface area contributed by atoms with Gasteiger partial charge in [0, 0.05) is 3.57 Å². The van der Waals surface area contributed by atoms with E-state index in [0.717, 1.165) is 9.32 Å². The average molecular weight is 548 g/mol. The summed E-state index contributed by atoms with van der Waals surface area (Å²) >= 11 is 2.23. The van der Waals surface area contributed by atoms with E-state index in [1.165, 1.54) is 0 Å². The fourth-order valence-corrected chi connectivity index (χ4v) is 4.21. The highest BCUT2D eigenvalue weighted by Gasteiger charge is 2.25. The van der Waals surface area contributed by atoms with E-state index >= 15 is 0 Å². The van der Waals surface area contributed by atoms with Gasteiger partial charge in [0.15, 0.2) is 6.10 Å². The van der Waals surface area contributed by atoms with Gasteiger partial charge in [0.1, 0.15) is 23.9 Å². The number of hydrogen-bond donors (Lipinski definition) is 0. The predicted octanol–water partition coefficient (Wildman–Crippen LogP) is 5.66. The van der Waals surface area contributed by atoms with Gasteiger partial charge in [-0.15, -0.1) is 0 Å². The van der Waals surface area contributed by atoms with Gasteiger partial charge >= 0.3 is 13.6 Å². The highest BCUT2D eigenvalue weighted by molar-refractivity contribution is 14.1. The molecule has 0 saturated heterocycles. The van der Waals surface area contributed by atoms with Crippen molar-refractivity contribution in [2.75, 3.05) is 26.0 Å². The zero-order chi connectivity index (χ0) is 22.0. The molecule has 1 atom stereocenters. The maximum atomic E-state index is 12.4. The van der Waals surface area contributed by atoms with Crippen molar-refractivity contribution >= 4 is 36.2 Å². The normalized spacial score (nSPS) is 12.3. The SMILES string of the molecule is CCOP(=O)(CCOC(=O)[C@@H](C)Oc1ccc(Oc2ccc(I)cc2)cc1)OCC. The first-order valence-electron chi connectivity index (χ1n) is 9.60. The molecule has 2 aromatic rings. The predicted molar refractivity (Wildman–Crippen MR) is 122 cm³/mol. The number of benzene rings is 2. The third kappa shape index (κ3) is 8.26. The molecule has 0 aromatic heterocycles. The lowest BCUT2D eigenvalue weighted by molar-refractivity contribution is -0.150. The summed E-state index contributed by atoms with van der Waals surface area (Å²) in [5, 5.41) is 0. The van der Waals surface area contributed by atoms with Crippen LogP contribution in [0, 0.1) is 3.57 Å². The van der Waals surface area contributed by atoms with Crippen LogP contribution in [0.1, 0.15) is 20.8 Å². The second-order valence-electron chi connectivity index (χ2n) is 6.13. The van der Waals surface area contributed by atoms with Crippen molar-refractivity contribution in [3.05, 3.63) is 52.1 Å². The minimum atomic E-state index is -3.24. The van der Waals surface area contributed by atoms with Crippen molar-refractivity contribution in [2.45, 2.75) is 26.9 Å². The Bertz CT molecular complexity index is 829. The van der Waals surface area contributed by atoms with Gasteiger partial charge in [0.05, 0.1) is 19.4 Å². The Morgan fingerprint density at radius 3 is 1.97 bits per heavy atom.